The fourth-order valence-corrected chi connectivity index (χ4v) is 1.21. The Hall–Kier alpha value is -1.55. The summed E-state index contributed by atoms with van der Waals surface area (Å²) in [6.45, 7) is 1.57. The minimum atomic E-state index is -0.641. The Kier molecular flexibility index (Phi) is 4.31. The lowest BCUT2D eigenvalue weighted by molar-refractivity contribution is -0.115. The highest BCUT2D eigenvalue weighted by molar-refractivity contribution is 6.32. The predicted molar refractivity (Wildman–Crippen MR) is 63.8 cm³/mol. The Morgan fingerprint density at radius 1 is 1.31 bits per heavy atom. The number of hydrogen-bond donors (Lipinski definition) is 2. The third-order valence-electron chi connectivity index (χ3n) is 2.02. The lowest BCUT2D eigenvalue weighted by atomic mass is 10.1. The largest absolute Gasteiger partial charge is 0.355 e. The summed E-state index contributed by atoms with van der Waals surface area (Å²) in [5.74, 6) is -0.587. The molecule has 16 heavy (non-hydrogen) atoms. The zero-order chi connectivity index (χ0) is 12.1. The minimum Gasteiger partial charge on any atom is -0.355 e. The number of anilines is 1. The normalized spacial score (nSPS) is 11.7. The molecule has 0 fully saturated rings. The Morgan fingerprint density at radius 3 is 2.50 bits per heavy atom. The van der Waals surface area contributed by atoms with Gasteiger partial charge in [0.2, 0.25) is 5.91 Å². The molecule has 1 unspecified atom stereocenters. The first-order valence-electron chi connectivity index (χ1n) is 4.82. The molecule has 5 heteroatoms. The molecule has 1 rings (SSSR count). The molecule has 0 aliphatic rings. The van der Waals surface area contributed by atoms with Gasteiger partial charge in [0.1, 0.15) is 5.38 Å². The van der Waals surface area contributed by atoms with Crippen LogP contribution >= 0.6 is 11.6 Å². The van der Waals surface area contributed by atoms with Gasteiger partial charge >= 0.3 is 0 Å². The van der Waals surface area contributed by atoms with Crippen LogP contribution in [0.15, 0.2) is 24.3 Å². The van der Waals surface area contributed by atoms with Crippen LogP contribution in [-0.2, 0) is 4.79 Å². The zero-order valence-corrected chi connectivity index (χ0v) is 9.84. The van der Waals surface area contributed by atoms with Crippen molar-refractivity contribution in [3.05, 3.63) is 29.8 Å². The number of benzene rings is 1. The van der Waals surface area contributed by atoms with Gasteiger partial charge in [-0.15, -0.1) is 11.6 Å². The molecule has 0 bridgehead atoms. The Morgan fingerprint density at radius 2 is 1.94 bits per heavy atom. The van der Waals surface area contributed by atoms with E-state index in [4.69, 9.17) is 11.6 Å². The van der Waals surface area contributed by atoms with Gasteiger partial charge in [0.15, 0.2) is 0 Å². The number of nitrogens with one attached hydrogen (secondary N) is 2. The van der Waals surface area contributed by atoms with Gasteiger partial charge in [0, 0.05) is 7.05 Å². The molecule has 86 valence electrons. The van der Waals surface area contributed by atoms with E-state index in [2.05, 4.69) is 10.6 Å². The van der Waals surface area contributed by atoms with Gasteiger partial charge in [-0.3, -0.25) is 9.59 Å². The summed E-state index contributed by atoms with van der Waals surface area (Å²) in [5.41, 5.74) is 0.870. The quantitative estimate of drug-likeness (QED) is 0.789. The van der Waals surface area contributed by atoms with E-state index in [0.29, 0.717) is 11.3 Å². The van der Waals surface area contributed by atoms with Crippen molar-refractivity contribution in [3.8, 4) is 0 Å². The molecule has 0 aliphatic heterocycles. The third-order valence-corrected chi connectivity index (χ3v) is 2.22. The van der Waals surface area contributed by atoms with E-state index in [0.717, 1.165) is 0 Å². The van der Waals surface area contributed by atoms with E-state index in [1.54, 1.807) is 31.2 Å². The van der Waals surface area contributed by atoms with Crippen molar-refractivity contribution in [1.82, 2.24) is 5.32 Å². The fourth-order valence-electron chi connectivity index (χ4n) is 1.16. The number of para-hydroxylation sites is 1. The molecular weight excluding hydrogens is 228 g/mol. The average Bonchev–Trinajstić information content (AvgIpc) is 2.28. The van der Waals surface area contributed by atoms with Gasteiger partial charge in [0.05, 0.1) is 11.3 Å². The van der Waals surface area contributed by atoms with Crippen LogP contribution in [0.25, 0.3) is 0 Å². The Bertz CT molecular complexity index is 405. The number of carbonyl (C=O) groups excluding carboxylic acids is 2. The van der Waals surface area contributed by atoms with E-state index in [1.165, 1.54) is 7.05 Å². The van der Waals surface area contributed by atoms with Crippen molar-refractivity contribution in [3.63, 3.8) is 0 Å². The second-order valence-electron chi connectivity index (χ2n) is 3.23. The van der Waals surface area contributed by atoms with Crippen LogP contribution in [0.2, 0.25) is 0 Å². The average molecular weight is 241 g/mol. The van der Waals surface area contributed by atoms with Crippen molar-refractivity contribution in [1.29, 1.82) is 0 Å². The minimum absolute atomic E-state index is 0.252. The molecule has 0 saturated heterocycles. The number of rotatable bonds is 3. The van der Waals surface area contributed by atoms with Crippen molar-refractivity contribution >= 4 is 29.1 Å². The molecule has 2 amide bonds. The first-order chi connectivity index (χ1) is 7.56. The highest BCUT2D eigenvalue weighted by Crippen LogP contribution is 2.15. The van der Waals surface area contributed by atoms with Crippen molar-refractivity contribution in [2.24, 2.45) is 0 Å². The van der Waals surface area contributed by atoms with E-state index in [9.17, 15) is 9.59 Å². The molecule has 4 nitrogen and oxygen atoms in total. The molecule has 0 spiro atoms. The summed E-state index contributed by atoms with van der Waals surface area (Å²) in [6.07, 6.45) is 0. The first kappa shape index (κ1) is 12.5. The maximum Gasteiger partial charge on any atom is 0.253 e. The van der Waals surface area contributed by atoms with Gasteiger partial charge in [-0.2, -0.15) is 0 Å². The van der Waals surface area contributed by atoms with Crippen molar-refractivity contribution in [2.45, 2.75) is 12.3 Å². The molecule has 0 heterocycles. The second kappa shape index (κ2) is 5.51. The van der Waals surface area contributed by atoms with Gasteiger partial charge in [-0.1, -0.05) is 12.1 Å². The maximum atomic E-state index is 11.5. The van der Waals surface area contributed by atoms with Gasteiger partial charge < -0.3 is 10.6 Å². The van der Waals surface area contributed by atoms with Crippen LogP contribution in [0.1, 0.15) is 17.3 Å². The topological polar surface area (TPSA) is 58.2 Å². The summed E-state index contributed by atoms with van der Waals surface area (Å²) < 4.78 is 0. The van der Waals surface area contributed by atoms with Crippen LogP contribution in [-0.4, -0.2) is 24.2 Å². The fraction of sp³-hybridized carbons (Fsp3) is 0.273. The number of alkyl halides is 1. The van der Waals surface area contributed by atoms with E-state index < -0.39 is 5.38 Å². The first-order valence-corrected chi connectivity index (χ1v) is 5.26. The standard InChI is InChI=1S/C11H13ClN2O2/c1-7(12)10(15)14-9-6-4-3-5-8(9)11(16)13-2/h3-7H,1-2H3,(H,13,16)(H,14,15). The predicted octanol–water partition coefficient (Wildman–Crippen LogP) is 1.61. The summed E-state index contributed by atoms with van der Waals surface area (Å²) in [6, 6.07) is 6.75. The van der Waals surface area contributed by atoms with Crippen molar-refractivity contribution in [2.75, 3.05) is 12.4 Å². The SMILES string of the molecule is CNC(=O)c1ccccc1NC(=O)C(C)Cl. The molecule has 1 aromatic carbocycles. The third kappa shape index (κ3) is 2.97. The zero-order valence-electron chi connectivity index (χ0n) is 9.08. The number of carbonyl (C=O) groups is 2. The molecular formula is C11H13ClN2O2. The summed E-state index contributed by atoms with van der Waals surface area (Å²) in [5, 5.41) is 4.45. The lowest BCUT2D eigenvalue weighted by Gasteiger charge is -2.10. The molecule has 0 aromatic heterocycles. The molecule has 2 N–H and O–H groups in total. The molecule has 0 aliphatic carbocycles. The van der Waals surface area contributed by atoms with Gasteiger partial charge in [-0.25, -0.2) is 0 Å². The molecule has 0 radical (unpaired) electrons. The van der Waals surface area contributed by atoms with Crippen LogP contribution in [0.4, 0.5) is 5.69 Å². The monoisotopic (exact) mass is 240 g/mol. The van der Waals surface area contributed by atoms with Crippen LogP contribution in [0, 0.1) is 0 Å². The van der Waals surface area contributed by atoms with E-state index in [-0.39, 0.29) is 11.8 Å². The van der Waals surface area contributed by atoms with E-state index in [1.807, 2.05) is 0 Å². The Balaban J connectivity index is 2.95. The summed E-state index contributed by atoms with van der Waals surface area (Å²) >= 11 is 5.63. The van der Waals surface area contributed by atoms with Gasteiger partial charge in [-0.05, 0) is 19.1 Å². The van der Waals surface area contributed by atoms with Crippen LogP contribution in [0.3, 0.4) is 0 Å². The number of amides is 2. The smallest absolute Gasteiger partial charge is 0.253 e. The summed E-state index contributed by atoms with van der Waals surface area (Å²) in [7, 11) is 1.53. The lowest BCUT2D eigenvalue weighted by Crippen LogP contribution is -2.24. The molecule has 1 atom stereocenters. The highest BCUT2D eigenvalue weighted by Gasteiger charge is 2.14. The number of hydrogen-bond acceptors (Lipinski definition) is 2. The maximum absolute atomic E-state index is 11.5. The highest BCUT2D eigenvalue weighted by atomic mass is 35.5. The second-order valence-corrected chi connectivity index (χ2v) is 3.88. The van der Waals surface area contributed by atoms with Crippen LogP contribution in [0.5, 0.6) is 0 Å². The van der Waals surface area contributed by atoms with Crippen LogP contribution < -0.4 is 10.6 Å². The van der Waals surface area contributed by atoms with E-state index >= 15 is 0 Å². The van der Waals surface area contributed by atoms with Crippen molar-refractivity contribution < 1.29 is 9.59 Å². The summed E-state index contributed by atoms with van der Waals surface area (Å²) in [4.78, 5) is 22.9. The van der Waals surface area contributed by atoms with Gasteiger partial charge in [0.25, 0.3) is 5.91 Å². The Labute approximate surface area is 99.0 Å². The number of halogens is 1. The molecule has 0 saturated carbocycles. The molecule has 1 aromatic rings.